The van der Waals surface area contributed by atoms with Crippen LogP contribution < -0.4 is 0 Å². The molecule has 2 heterocycles. The average Bonchev–Trinajstić information content (AvgIpc) is 2.51. The molecule has 0 radical (unpaired) electrons. The lowest BCUT2D eigenvalue weighted by atomic mass is 10.0. The van der Waals surface area contributed by atoms with E-state index in [1.807, 2.05) is 38.1 Å². The topological polar surface area (TPSA) is 42.9 Å². The van der Waals surface area contributed by atoms with Gasteiger partial charge in [-0.15, -0.1) is 0 Å². The second kappa shape index (κ2) is 5.26. The van der Waals surface area contributed by atoms with Crippen molar-refractivity contribution >= 4 is 27.7 Å². The van der Waals surface area contributed by atoms with Crippen LogP contribution in [0.4, 0.5) is 0 Å². The minimum Gasteiger partial charge on any atom is -0.276 e. The van der Waals surface area contributed by atoms with E-state index in [4.69, 9.17) is 16.6 Å². The molecule has 0 fully saturated rings. The molecule has 104 valence electrons. The Labute approximate surface area is 127 Å². The summed E-state index contributed by atoms with van der Waals surface area (Å²) in [5.74, 6) is 0. The molecule has 0 unspecified atom stereocenters. The van der Waals surface area contributed by atoms with E-state index < -0.39 is 5.24 Å². The number of benzene rings is 1. The third kappa shape index (κ3) is 2.41. The SMILES string of the molecule is Cc1ccc2c(C(=O)Cl)cc(-c3cccnc3)nc2c1C. The minimum atomic E-state index is -0.476. The Kier molecular flexibility index (Phi) is 3.43. The molecular formula is C17H13ClN2O. The first kappa shape index (κ1) is 13.7. The summed E-state index contributed by atoms with van der Waals surface area (Å²) >= 11 is 5.75. The quantitative estimate of drug-likeness (QED) is 0.662. The number of carbonyl (C=O) groups excluding carboxylic acids is 1. The molecule has 3 nitrogen and oxygen atoms in total. The number of pyridine rings is 2. The van der Waals surface area contributed by atoms with E-state index in [9.17, 15) is 4.79 Å². The molecule has 3 aromatic rings. The molecule has 0 saturated carbocycles. The lowest BCUT2D eigenvalue weighted by molar-refractivity contribution is 0.108. The largest absolute Gasteiger partial charge is 0.276 e. The van der Waals surface area contributed by atoms with E-state index in [1.54, 1.807) is 18.5 Å². The molecule has 0 N–H and O–H groups in total. The van der Waals surface area contributed by atoms with E-state index >= 15 is 0 Å². The molecule has 0 bridgehead atoms. The van der Waals surface area contributed by atoms with Gasteiger partial charge in [-0.25, -0.2) is 4.98 Å². The van der Waals surface area contributed by atoms with Crippen LogP contribution in [0.5, 0.6) is 0 Å². The smallest absolute Gasteiger partial charge is 0.253 e. The minimum absolute atomic E-state index is 0.476. The third-order valence-corrected chi connectivity index (χ3v) is 3.88. The molecule has 0 aliphatic carbocycles. The van der Waals surface area contributed by atoms with E-state index in [1.165, 1.54) is 0 Å². The first-order valence-electron chi connectivity index (χ1n) is 6.59. The van der Waals surface area contributed by atoms with Crippen LogP contribution >= 0.6 is 11.6 Å². The predicted molar refractivity (Wildman–Crippen MR) is 84.6 cm³/mol. The van der Waals surface area contributed by atoms with Crippen LogP contribution in [-0.2, 0) is 0 Å². The maximum absolute atomic E-state index is 11.8. The number of carbonyl (C=O) groups is 1. The molecule has 3 rings (SSSR count). The van der Waals surface area contributed by atoms with Crippen molar-refractivity contribution in [2.75, 3.05) is 0 Å². The van der Waals surface area contributed by atoms with Crippen molar-refractivity contribution in [3.05, 3.63) is 59.4 Å². The lowest BCUT2D eigenvalue weighted by Crippen LogP contribution is -1.98. The summed E-state index contributed by atoms with van der Waals surface area (Å²) in [6.07, 6.45) is 3.43. The Morgan fingerprint density at radius 2 is 2.00 bits per heavy atom. The van der Waals surface area contributed by atoms with E-state index in [-0.39, 0.29) is 0 Å². The van der Waals surface area contributed by atoms with Crippen LogP contribution in [0.3, 0.4) is 0 Å². The fourth-order valence-corrected chi connectivity index (χ4v) is 2.51. The van der Waals surface area contributed by atoms with Gasteiger partial charge >= 0.3 is 0 Å². The van der Waals surface area contributed by atoms with Gasteiger partial charge in [0.2, 0.25) is 0 Å². The number of nitrogens with zero attached hydrogens (tertiary/aromatic N) is 2. The van der Waals surface area contributed by atoms with Crippen molar-refractivity contribution in [3.8, 4) is 11.3 Å². The summed E-state index contributed by atoms with van der Waals surface area (Å²) in [6.45, 7) is 4.02. The average molecular weight is 297 g/mol. The maximum atomic E-state index is 11.8. The molecule has 4 heteroatoms. The highest BCUT2D eigenvalue weighted by molar-refractivity contribution is 6.68. The van der Waals surface area contributed by atoms with Crippen LogP contribution in [0.25, 0.3) is 22.2 Å². The number of halogens is 1. The highest BCUT2D eigenvalue weighted by atomic mass is 35.5. The number of aromatic nitrogens is 2. The van der Waals surface area contributed by atoms with Crippen molar-refractivity contribution in [1.29, 1.82) is 0 Å². The van der Waals surface area contributed by atoms with Gasteiger partial charge in [0.15, 0.2) is 0 Å². The van der Waals surface area contributed by atoms with E-state index in [0.717, 1.165) is 27.6 Å². The summed E-state index contributed by atoms with van der Waals surface area (Å²) in [7, 11) is 0. The third-order valence-electron chi connectivity index (χ3n) is 3.67. The molecule has 0 aliphatic rings. The maximum Gasteiger partial charge on any atom is 0.253 e. The zero-order valence-corrected chi connectivity index (χ0v) is 12.5. The molecule has 21 heavy (non-hydrogen) atoms. The summed E-state index contributed by atoms with van der Waals surface area (Å²) in [5, 5.41) is 0.307. The summed E-state index contributed by atoms with van der Waals surface area (Å²) < 4.78 is 0. The Morgan fingerprint density at radius 1 is 1.19 bits per heavy atom. The standard InChI is InChI=1S/C17H13ClN2O/c1-10-5-6-13-14(17(18)21)8-15(20-16(13)11(10)2)12-4-3-7-19-9-12/h3-9H,1-2H3. The van der Waals surface area contributed by atoms with Gasteiger partial charge in [-0.1, -0.05) is 12.1 Å². The van der Waals surface area contributed by atoms with Gasteiger partial charge in [-0.2, -0.15) is 0 Å². The van der Waals surface area contributed by atoms with Crippen LogP contribution in [-0.4, -0.2) is 15.2 Å². The van der Waals surface area contributed by atoms with E-state index in [0.29, 0.717) is 11.3 Å². The number of fused-ring (bicyclic) bond motifs is 1. The van der Waals surface area contributed by atoms with Gasteiger partial charge in [0.25, 0.3) is 5.24 Å². The first-order valence-corrected chi connectivity index (χ1v) is 6.97. The second-order valence-electron chi connectivity index (χ2n) is 4.97. The highest BCUT2D eigenvalue weighted by Gasteiger charge is 2.14. The van der Waals surface area contributed by atoms with Gasteiger partial charge in [0, 0.05) is 28.9 Å². The molecule has 0 saturated heterocycles. The molecule has 2 aromatic heterocycles. The molecule has 0 atom stereocenters. The van der Waals surface area contributed by atoms with Gasteiger partial charge in [-0.3, -0.25) is 9.78 Å². The van der Waals surface area contributed by atoms with Crippen molar-refractivity contribution in [1.82, 2.24) is 9.97 Å². The Balaban J connectivity index is 2.39. The number of hydrogen-bond donors (Lipinski definition) is 0. The van der Waals surface area contributed by atoms with Crippen molar-refractivity contribution < 1.29 is 4.79 Å². The Hall–Kier alpha value is -2.26. The second-order valence-corrected chi connectivity index (χ2v) is 5.32. The Bertz CT molecular complexity index is 844. The van der Waals surface area contributed by atoms with Gasteiger partial charge in [-0.05, 0) is 54.8 Å². The molecule has 0 amide bonds. The number of rotatable bonds is 2. The zero-order valence-electron chi connectivity index (χ0n) is 11.7. The molecule has 1 aromatic carbocycles. The highest BCUT2D eigenvalue weighted by Crippen LogP contribution is 2.28. The lowest BCUT2D eigenvalue weighted by Gasteiger charge is -2.10. The van der Waals surface area contributed by atoms with Crippen molar-refractivity contribution in [2.45, 2.75) is 13.8 Å². The normalized spacial score (nSPS) is 10.8. The fourth-order valence-electron chi connectivity index (χ4n) is 2.35. The van der Waals surface area contributed by atoms with Crippen molar-refractivity contribution in [2.24, 2.45) is 0 Å². The molecule has 0 spiro atoms. The first-order chi connectivity index (χ1) is 10.1. The zero-order chi connectivity index (χ0) is 15.0. The van der Waals surface area contributed by atoms with Crippen LogP contribution in [0, 0.1) is 13.8 Å². The number of aryl methyl sites for hydroxylation is 2. The van der Waals surface area contributed by atoms with Crippen LogP contribution in [0.1, 0.15) is 21.5 Å². The van der Waals surface area contributed by atoms with Crippen LogP contribution in [0.2, 0.25) is 0 Å². The van der Waals surface area contributed by atoms with Gasteiger partial charge < -0.3 is 0 Å². The summed E-state index contributed by atoms with van der Waals surface area (Å²) in [4.78, 5) is 20.6. The van der Waals surface area contributed by atoms with Gasteiger partial charge in [0.05, 0.1) is 11.2 Å². The van der Waals surface area contributed by atoms with Gasteiger partial charge in [0.1, 0.15) is 0 Å². The van der Waals surface area contributed by atoms with Crippen molar-refractivity contribution in [3.63, 3.8) is 0 Å². The number of hydrogen-bond acceptors (Lipinski definition) is 3. The van der Waals surface area contributed by atoms with E-state index in [2.05, 4.69) is 4.98 Å². The molecule has 0 aliphatic heterocycles. The van der Waals surface area contributed by atoms with Crippen LogP contribution in [0.15, 0.2) is 42.7 Å². The molecular weight excluding hydrogens is 284 g/mol. The summed E-state index contributed by atoms with van der Waals surface area (Å²) in [5.41, 5.74) is 5.03. The predicted octanol–water partition coefficient (Wildman–Crippen LogP) is 4.29. The monoisotopic (exact) mass is 296 g/mol. The fraction of sp³-hybridized carbons (Fsp3) is 0.118. The summed E-state index contributed by atoms with van der Waals surface area (Å²) in [6, 6.07) is 9.35. The Morgan fingerprint density at radius 3 is 2.67 bits per heavy atom.